The van der Waals surface area contributed by atoms with Gasteiger partial charge in [0.1, 0.15) is 0 Å². The Morgan fingerprint density at radius 1 is 1.38 bits per heavy atom. The Balaban J connectivity index is 1.82. The Kier molecular flexibility index (Phi) is 3.13. The van der Waals surface area contributed by atoms with Gasteiger partial charge in [0.25, 0.3) is 0 Å². The molecule has 1 fully saturated rings. The number of nitrogens with zero attached hydrogens (tertiary/aromatic N) is 2. The van der Waals surface area contributed by atoms with Gasteiger partial charge in [-0.1, -0.05) is 5.16 Å². The molecule has 16 heavy (non-hydrogen) atoms. The molecule has 0 bridgehead atoms. The molecule has 1 N–H and O–H groups in total. The number of alkyl halides is 3. The summed E-state index contributed by atoms with van der Waals surface area (Å²) in [6, 6.07) is 0. The maximum absolute atomic E-state index is 11.9. The van der Waals surface area contributed by atoms with E-state index in [0.717, 1.165) is 13.1 Å². The van der Waals surface area contributed by atoms with Gasteiger partial charge in [-0.25, -0.2) is 0 Å². The summed E-state index contributed by atoms with van der Waals surface area (Å²) in [6.45, 7) is 1.81. The molecule has 0 atom stereocenters. The number of halogens is 3. The van der Waals surface area contributed by atoms with Crippen LogP contribution in [0.1, 0.15) is 18.1 Å². The first kappa shape index (κ1) is 11.4. The van der Waals surface area contributed by atoms with Crippen LogP contribution in [0, 0.1) is 5.92 Å². The minimum atomic E-state index is -4.17. The zero-order valence-electron chi connectivity index (χ0n) is 8.55. The first-order valence-corrected chi connectivity index (χ1v) is 5.12. The van der Waals surface area contributed by atoms with Gasteiger partial charge in [0.2, 0.25) is 5.89 Å². The van der Waals surface area contributed by atoms with Crippen molar-refractivity contribution in [1.29, 1.82) is 0 Å². The first-order chi connectivity index (χ1) is 7.53. The lowest BCUT2D eigenvalue weighted by Crippen LogP contribution is -2.43. The van der Waals surface area contributed by atoms with Gasteiger partial charge in [0, 0.05) is 12.8 Å². The Bertz CT molecular complexity index is 346. The molecule has 1 aromatic rings. The van der Waals surface area contributed by atoms with E-state index in [9.17, 15) is 13.2 Å². The van der Waals surface area contributed by atoms with Gasteiger partial charge in [-0.05, 0) is 19.0 Å². The fourth-order valence-corrected chi connectivity index (χ4v) is 1.47. The van der Waals surface area contributed by atoms with Crippen molar-refractivity contribution in [2.75, 3.05) is 13.1 Å². The normalized spacial score (nSPS) is 17.4. The number of aromatic nitrogens is 2. The molecule has 0 radical (unpaired) electrons. The van der Waals surface area contributed by atoms with E-state index in [1.807, 2.05) is 0 Å². The fourth-order valence-electron chi connectivity index (χ4n) is 1.47. The largest absolute Gasteiger partial charge is 0.389 e. The van der Waals surface area contributed by atoms with E-state index in [0.29, 0.717) is 18.2 Å². The Labute approximate surface area is 90.2 Å². The number of rotatable bonds is 4. The molecule has 1 aromatic heterocycles. The Morgan fingerprint density at radius 2 is 2.12 bits per heavy atom. The van der Waals surface area contributed by atoms with E-state index in [1.54, 1.807) is 0 Å². The summed E-state index contributed by atoms with van der Waals surface area (Å²) in [5.74, 6) is 1.04. The topological polar surface area (TPSA) is 51.0 Å². The van der Waals surface area contributed by atoms with Crippen molar-refractivity contribution < 1.29 is 17.7 Å². The molecule has 0 spiro atoms. The molecule has 0 unspecified atom stereocenters. The SMILES string of the molecule is FC(F)(F)CCc1noc(CC2CNC2)n1. The highest BCUT2D eigenvalue weighted by atomic mass is 19.4. The molecule has 2 rings (SSSR count). The van der Waals surface area contributed by atoms with E-state index < -0.39 is 12.6 Å². The fraction of sp³-hybridized carbons (Fsp3) is 0.778. The molecular formula is C9H12F3N3O. The number of nitrogens with one attached hydrogen (secondary N) is 1. The summed E-state index contributed by atoms with van der Waals surface area (Å²) in [6.07, 6.45) is -4.64. The number of hydrogen-bond donors (Lipinski definition) is 1. The van der Waals surface area contributed by atoms with Gasteiger partial charge in [0.05, 0.1) is 6.42 Å². The molecule has 7 heteroatoms. The minimum absolute atomic E-state index is 0.139. The van der Waals surface area contributed by atoms with Crippen molar-refractivity contribution in [3.63, 3.8) is 0 Å². The average molecular weight is 235 g/mol. The quantitative estimate of drug-likeness (QED) is 0.855. The van der Waals surface area contributed by atoms with Gasteiger partial charge in [-0.15, -0.1) is 0 Å². The van der Waals surface area contributed by atoms with Crippen molar-refractivity contribution in [3.05, 3.63) is 11.7 Å². The van der Waals surface area contributed by atoms with Gasteiger partial charge in [-0.2, -0.15) is 18.2 Å². The Hall–Kier alpha value is -1.11. The summed E-state index contributed by atoms with van der Waals surface area (Å²) in [5, 5.41) is 6.62. The molecule has 1 aliphatic rings. The molecule has 0 amide bonds. The van der Waals surface area contributed by atoms with Crippen LogP contribution in [-0.2, 0) is 12.8 Å². The average Bonchev–Trinajstić information content (AvgIpc) is 2.55. The highest BCUT2D eigenvalue weighted by molar-refractivity contribution is 4.91. The second-order valence-corrected chi connectivity index (χ2v) is 3.95. The molecule has 90 valence electrons. The van der Waals surface area contributed by atoms with E-state index in [-0.39, 0.29) is 12.2 Å². The van der Waals surface area contributed by atoms with Gasteiger partial charge < -0.3 is 9.84 Å². The van der Waals surface area contributed by atoms with E-state index in [1.165, 1.54) is 0 Å². The molecule has 2 heterocycles. The summed E-state index contributed by atoms with van der Waals surface area (Å²) in [4.78, 5) is 3.93. The summed E-state index contributed by atoms with van der Waals surface area (Å²) in [5.41, 5.74) is 0. The minimum Gasteiger partial charge on any atom is -0.339 e. The number of aryl methyl sites for hydroxylation is 1. The van der Waals surface area contributed by atoms with Crippen molar-refractivity contribution in [3.8, 4) is 0 Å². The highest BCUT2D eigenvalue weighted by Crippen LogP contribution is 2.21. The van der Waals surface area contributed by atoms with Gasteiger partial charge >= 0.3 is 6.18 Å². The lowest BCUT2D eigenvalue weighted by Gasteiger charge is -2.25. The van der Waals surface area contributed by atoms with Crippen LogP contribution in [0.3, 0.4) is 0 Å². The molecule has 1 aliphatic heterocycles. The summed E-state index contributed by atoms with van der Waals surface area (Å²) >= 11 is 0. The van der Waals surface area contributed by atoms with Crippen LogP contribution < -0.4 is 5.32 Å². The number of hydrogen-bond acceptors (Lipinski definition) is 4. The maximum Gasteiger partial charge on any atom is 0.389 e. The zero-order chi connectivity index (χ0) is 11.6. The predicted octanol–water partition coefficient (Wildman–Crippen LogP) is 1.33. The van der Waals surface area contributed by atoms with E-state index in [2.05, 4.69) is 15.5 Å². The van der Waals surface area contributed by atoms with Crippen molar-refractivity contribution in [2.24, 2.45) is 5.92 Å². The summed E-state index contributed by atoms with van der Waals surface area (Å²) < 4.78 is 40.7. The van der Waals surface area contributed by atoms with Gasteiger partial charge in [0.15, 0.2) is 5.82 Å². The van der Waals surface area contributed by atoms with Gasteiger partial charge in [-0.3, -0.25) is 0 Å². The van der Waals surface area contributed by atoms with E-state index >= 15 is 0 Å². The summed E-state index contributed by atoms with van der Waals surface area (Å²) in [7, 11) is 0. The standard InChI is InChI=1S/C9H12F3N3O/c10-9(11,12)2-1-7-14-8(16-15-7)3-6-4-13-5-6/h6,13H,1-5H2. The van der Waals surface area contributed by atoms with Crippen molar-refractivity contribution in [2.45, 2.75) is 25.4 Å². The lowest BCUT2D eigenvalue weighted by molar-refractivity contribution is -0.134. The second-order valence-electron chi connectivity index (χ2n) is 3.95. The van der Waals surface area contributed by atoms with Crippen LogP contribution in [0.5, 0.6) is 0 Å². The Morgan fingerprint density at radius 3 is 2.69 bits per heavy atom. The van der Waals surface area contributed by atoms with Crippen LogP contribution in [0.25, 0.3) is 0 Å². The van der Waals surface area contributed by atoms with Crippen LogP contribution in [0.4, 0.5) is 13.2 Å². The molecule has 1 saturated heterocycles. The van der Waals surface area contributed by atoms with Crippen LogP contribution in [-0.4, -0.2) is 29.4 Å². The van der Waals surface area contributed by atoms with Crippen molar-refractivity contribution >= 4 is 0 Å². The van der Waals surface area contributed by atoms with Crippen LogP contribution >= 0.6 is 0 Å². The van der Waals surface area contributed by atoms with Crippen LogP contribution in [0.2, 0.25) is 0 Å². The molecular weight excluding hydrogens is 223 g/mol. The molecule has 4 nitrogen and oxygen atoms in total. The molecule has 0 aliphatic carbocycles. The third-order valence-corrected chi connectivity index (χ3v) is 2.47. The molecule has 0 saturated carbocycles. The third kappa shape index (κ3) is 3.19. The third-order valence-electron chi connectivity index (χ3n) is 2.47. The zero-order valence-corrected chi connectivity index (χ0v) is 8.55. The first-order valence-electron chi connectivity index (χ1n) is 5.12. The highest BCUT2D eigenvalue weighted by Gasteiger charge is 2.28. The molecule has 0 aromatic carbocycles. The second kappa shape index (κ2) is 4.40. The lowest BCUT2D eigenvalue weighted by atomic mass is 10.00. The monoisotopic (exact) mass is 235 g/mol. The predicted molar refractivity (Wildman–Crippen MR) is 48.7 cm³/mol. The van der Waals surface area contributed by atoms with E-state index in [4.69, 9.17) is 4.52 Å². The van der Waals surface area contributed by atoms with Crippen molar-refractivity contribution in [1.82, 2.24) is 15.5 Å². The maximum atomic E-state index is 11.9. The van der Waals surface area contributed by atoms with Crippen LogP contribution in [0.15, 0.2) is 4.52 Å². The smallest absolute Gasteiger partial charge is 0.339 e.